The first kappa shape index (κ1) is 8.63. The number of hydrogen-bond donors (Lipinski definition) is 0. The van der Waals surface area contributed by atoms with E-state index >= 15 is 0 Å². The lowest BCUT2D eigenvalue weighted by atomic mass is 9.84. The van der Waals surface area contributed by atoms with Gasteiger partial charge in [0.1, 0.15) is 6.61 Å². The highest BCUT2D eigenvalue weighted by molar-refractivity contribution is 5.04. The lowest BCUT2D eigenvalue weighted by Crippen LogP contribution is -2.46. The lowest BCUT2D eigenvalue weighted by molar-refractivity contribution is -0.135. The van der Waals surface area contributed by atoms with Crippen LogP contribution in [-0.2, 0) is 4.74 Å². The van der Waals surface area contributed by atoms with Crippen molar-refractivity contribution in [3.8, 4) is 5.95 Å². The van der Waals surface area contributed by atoms with Crippen LogP contribution in [0.25, 0.3) is 0 Å². The maximum Gasteiger partial charge on any atom is 0.284 e. The molecule has 0 spiro atoms. The summed E-state index contributed by atoms with van der Waals surface area (Å²) in [4.78, 5) is 0. The highest BCUT2D eigenvalue weighted by Gasteiger charge is 2.37. The fourth-order valence-electron chi connectivity index (χ4n) is 1.35. The van der Waals surface area contributed by atoms with E-state index in [0.717, 1.165) is 19.6 Å². The summed E-state index contributed by atoms with van der Waals surface area (Å²) in [5, 5.41) is 0. The monoisotopic (exact) mass is 182 g/mol. The fraction of sp³-hybridized carbons (Fsp3) is 0.600. The van der Waals surface area contributed by atoms with Crippen molar-refractivity contribution >= 4 is 0 Å². The number of ether oxygens (including phenoxy) is 2. The Morgan fingerprint density at radius 2 is 2.38 bits per heavy atom. The van der Waals surface area contributed by atoms with Crippen molar-refractivity contribution in [2.75, 3.05) is 19.8 Å². The molecule has 1 saturated heterocycles. The van der Waals surface area contributed by atoms with Crippen LogP contribution in [-0.4, -0.2) is 19.8 Å². The lowest BCUT2D eigenvalue weighted by Gasteiger charge is -2.39. The summed E-state index contributed by atoms with van der Waals surface area (Å²) in [5.74, 6) is 0.597. The van der Waals surface area contributed by atoms with E-state index in [0.29, 0.717) is 12.6 Å². The molecule has 0 atom stereocenters. The van der Waals surface area contributed by atoms with Crippen LogP contribution in [0.3, 0.4) is 0 Å². The summed E-state index contributed by atoms with van der Waals surface area (Å²) in [6.07, 6.45) is 2.71. The number of hydrogen-bond acceptors (Lipinski definition) is 3. The normalized spacial score (nSPS) is 19.5. The van der Waals surface area contributed by atoms with Crippen molar-refractivity contribution in [1.29, 1.82) is 0 Å². The molecular formula is C10H14O3. The molecule has 0 aliphatic carbocycles. The van der Waals surface area contributed by atoms with E-state index in [9.17, 15) is 0 Å². The zero-order valence-corrected chi connectivity index (χ0v) is 7.79. The Bertz CT molecular complexity index is 244. The third-order valence-corrected chi connectivity index (χ3v) is 2.58. The van der Waals surface area contributed by atoms with Crippen LogP contribution in [0.4, 0.5) is 0 Å². The molecule has 1 fully saturated rings. The smallest absolute Gasteiger partial charge is 0.284 e. The van der Waals surface area contributed by atoms with Crippen molar-refractivity contribution in [2.24, 2.45) is 5.41 Å². The fourth-order valence-corrected chi connectivity index (χ4v) is 1.35. The summed E-state index contributed by atoms with van der Waals surface area (Å²) in [5.41, 5.74) is 0.229. The predicted molar refractivity (Wildman–Crippen MR) is 47.7 cm³/mol. The molecule has 3 heteroatoms. The average Bonchev–Trinajstić information content (AvgIpc) is 2.56. The highest BCUT2D eigenvalue weighted by atomic mass is 16.6. The van der Waals surface area contributed by atoms with Gasteiger partial charge in [-0.05, 0) is 12.5 Å². The van der Waals surface area contributed by atoms with Crippen LogP contribution >= 0.6 is 0 Å². The van der Waals surface area contributed by atoms with Gasteiger partial charge >= 0.3 is 0 Å². The first-order valence-electron chi connectivity index (χ1n) is 4.59. The minimum absolute atomic E-state index is 0.229. The van der Waals surface area contributed by atoms with E-state index in [1.165, 1.54) is 0 Å². The Hall–Kier alpha value is -0.960. The molecule has 1 aliphatic rings. The summed E-state index contributed by atoms with van der Waals surface area (Å²) in [7, 11) is 0. The number of furan rings is 1. The molecule has 13 heavy (non-hydrogen) atoms. The molecule has 0 unspecified atom stereocenters. The van der Waals surface area contributed by atoms with Gasteiger partial charge in [-0.15, -0.1) is 0 Å². The van der Waals surface area contributed by atoms with Gasteiger partial charge in [-0.3, -0.25) is 0 Å². The van der Waals surface area contributed by atoms with Gasteiger partial charge in [0, 0.05) is 6.07 Å². The van der Waals surface area contributed by atoms with Gasteiger partial charge in [0.05, 0.1) is 24.9 Å². The SMILES string of the molecule is CCC1(COc2ccco2)COC1. The largest absolute Gasteiger partial charge is 0.464 e. The molecule has 72 valence electrons. The second-order valence-corrected chi connectivity index (χ2v) is 3.57. The molecule has 0 saturated carbocycles. The van der Waals surface area contributed by atoms with Crippen LogP contribution in [0.1, 0.15) is 13.3 Å². The zero-order valence-electron chi connectivity index (χ0n) is 7.79. The van der Waals surface area contributed by atoms with Crippen molar-refractivity contribution in [1.82, 2.24) is 0 Å². The second kappa shape index (κ2) is 3.42. The molecule has 2 rings (SSSR count). The van der Waals surface area contributed by atoms with E-state index in [2.05, 4.69) is 6.92 Å². The van der Waals surface area contributed by atoms with Gasteiger partial charge in [0.2, 0.25) is 0 Å². The van der Waals surface area contributed by atoms with Gasteiger partial charge in [-0.1, -0.05) is 6.92 Å². The molecule has 1 aromatic heterocycles. The second-order valence-electron chi connectivity index (χ2n) is 3.57. The van der Waals surface area contributed by atoms with Crippen LogP contribution in [0.15, 0.2) is 22.8 Å². The van der Waals surface area contributed by atoms with E-state index in [1.807, 2.05) is 12.1 Å². The molecule has 3 nitrogen and oxygen atoms in total. The quantitative estimate of drug-likeness (QED) is 0.714. The van der Waals surface area contributed by atoms with Crippen LogP contribution in [0.2, 0.25) is 0 Å². The summed E-state index contributed by atoms with van der Waals surface area (Å²) >= 11 is 0. The maximum absolute atomic E-state index is 5.50. The maximum atomic E-state index is 5.50. The van der Waals surface area contributed by atoms with E-state index < -0.39 is 0 Å². The Balaban J connectivity index is 1.84. The van der Waals surface area contributed by atoms with Gasteiger partial charge in [-0.25, -0.2) is 0 Å². The molecule has 2 heterocycles. The first-order chi connectivity index (χ1) is 6.35. The van der Waals surface area contributed by atoms with Crippen molar-refractivity contribution < 1.29 is 13.9 Å². The van der Waals surface area contributed by atoms with Crippen molar-refractivity contribution in [2.45, 2.75) is 13.3 Å². The molecule has 0 radical (unpaired) electrons. The van der Waals surface area contributed by atoms with E-state index in [4.69, 9.17) is 13.9 Å². The third-order valence-electron chi connectivity index (χ3n) is 2.58. The summed E-state index contributed by atoms with van der Waals surface area (Å²) in [6.45, 7) is 4.47. The zero-order chi connectivity index (χ0) is 9.15. The van der Waals surface area contributed by atoms with E-state index in [1.54, 1.807) is 6.26 Å². The molecule has 0 aromatic carbocycles. The summed E-state index contributed by atoms with van der Waals surface area (Å²) < 4.78 is 15.8. The first-order valence-corrected chi connectivity index (χ1v) is 4.59. The molecule has 1 aliphatic heterocycles. The average molecular weight is 182 g/mol. The number of rotatable bonds is 4. The molecule has 0 amide bonds. The minimum Gasteiger partial charge on any atom is -0.464 e. The topological polar surface area (TPSA) is 31.6 Å². The van der Waals surface area contributed by atoms with Gasteiger partial charge < -0.3 is 13.9 Å². The Labute approximate surface area is 77.6 Å². The standard InChI is InChI=1S/C10H14O3/c1-2-10(6-11-7-10)8-13-9-4-3-5-12-9/h3-5H,2,6-8H2,1H3. The Morgan fingerprint density at radius 1 is 1.54 bits per heavy atom. The predicted octanol–water partition coefficient (Wildman–Crippen LogP) is 2.08. The van der Waals surface area contributed by atoms with Gasteiger partial charge in [0.15, 0.2) is 0 Å². The van der Waals surface area contributed by atoms with Crippen molar-refractivity contribution in [3.05, 3.63) is 18.4 Å². The molecule has 0 N–H and O–H groups in total. The van der Waals surface area contributed by atoms with Gasteiger partial charge in [-0.2, -0.15) is 0 Å². The van der Waals surface area contributed by atoms with E-state index in [-0.39, 0.29) is 5.41 Å². The third kappa shape index (κ3) is 1.70. The van der Waals surface area contributed by atoms with Crippen molar-refractivity contribution in [3.63, 3.8) is 0 Å². The van der Waals surface area contributed by atoms with Crippen LogP contribution < -0.4 is 4.74 Å². The molecule has 1 aromatic rings. The summed E-state index contributed by atoms with van der Waals surface area (Å²) in [6, 6.07) is 3.65. The molecule has 0 bridgehead atoms. The van der Waals surface area contributed by atoms with Gasteiger partial charge in [0.25, 0.3) is 5.95 Å². The Kier molecular flexibility index (Phi) is 2.27. The van der Waals surface area contributed by atoms with Crippen LogP contribution in [0.5, 0.6) is 5.95 Å². The van der Waals surface area contributed by atoms with Crippen LogP contribution in [0, 0.1) is 5.41 Å². The minimum atomic E-state index is 0.229. The molecular weight excluding hydrogens is 168 g/mol. The highest BCUT2D eigenvalue weighted by Crippen LogP contribution is 2.31. The Morgan fingerprint density at radius 3 is 2.85 bits per heavy atom.